The molecule has 0 spiro atoms. The molecule has 0 amide bonds. The quantitative estimate of drug-likeness (QED) is 0.918. The summed E-state index contributed by atoms with van der Waals surface area (Å²) >= 11 is 0. The van der Waals surface area contributed by atoms with Crippen LogP contribution in [-0.4, -0.2) is 11.1 Å². The second-order valence-electron chi connectivity index (χ2n) is 4.26. The molecule has 98 valence electrons. The lowest BCUT2D eigenvalue weighted by Crippen LogP contribution is -2.38. The van der Waals surface area contributed by atoms with Crippen molar-refractivity contribution in [2.45, 2.75) is 12.5 Å². The first-order valence-electron chi connectivity index (χ1n) is 5.76. The highest BCUT2D eigenvalue weighted by Crippen LogP contribution is 2.28. The fourth-order valence-corrected chi connectivity index (χ4v) is 1.72. The highest BCUT2D eigenvalue weighted by molar-refractivity contribution is 5.79. The lowest BCUT2D eigenvalue weighted by Gasteiger charge is -2.26. The maximum atomic E-state index is 12.8. The zero-order chi connectivity index (χ0) is 13.9. The normalized spacial score (nSPS) is 13.6. The number of rotatable bonds is 4. The first-order valence-corrected chi connectivity index (χ1v) is 5.76. The van der Waals surface area contributed by atoms with Crippen LogP contribution in [0.4, 0.5) is 4.39 Å². The van der Waals surface area contributed by atoms with Crippen LogP contribution < -0.4 is 4.74 Å². The van der Waals surface area contributed by atoms with Crippen molar-refractivity contribution in [1.82, 2.24) is 0 Å². The number of benzene rings is 2. The number of halogens is 1. The number of hydrogen-bond acceptors (Lipinski definition) is 2. The molecule has 0 heterocycles. The second kappa shape index (κ2) is 5.10. The van der Waals surface area contributed by atoms with Gasteiger partial charge in [0.2, 0.25) is 5.60 Å². The minimum atomic E-state index is -1.51. The average Bonchev–Trinajstić information content (AvgIpc) is 2.42. The van der Waals surface area contributed by atoms with Crippen LogP contribution in [0.25, 0.3) is 0 Å². The molecule has 1 atom stereocenters. The van der Waals surface area contributed by atoms with Crippen molar-refractivity contribution in [1.29, 1.82) is 0 Å². The monoisotopic (exact) mass is 260 g/mol. The van der Waals surface area contributed by atoms with Gasteiger partial charge < -0.3 is 9.84 Å². The van der Waals surface area contributed by atoms with Crippen LogP contribution in [0.3, 0.4) is 0 Å². The summed E-state index contributed by atoms with van der Waals surface area (Å²) in [6.45, 7) is 1.47. The molecule has 0 saturated carbocycles. The molecule has 0 aliphatic heterocycles. The molecule has 0 bridgehead atoms. The van der Waals surface area contributed by atoms with Crippen molar-refractivity contribution in [2.75, 3.05) is 0 Å². The third-order valence-electron chi connectivity index (χ3n) is 2.87. The molecule has 0 radical (unpaired) electrons. The second-order valence-corrected chi connectivity index (χ2v) is 4.26. The lowest BCUT2D eigenvalue weighted by molar-refractivity contribution is -0.154. The maximum absolute atomic E-state index is 12.8. The lowest BCUT2D eigenvalue weighted by atomic mass is 9.96. The van der Waals surface area contributed by atoms with E-state index in [0.29, 0.717) is 11.3 Å². The van der Waals surface area contributed by atoms with Crippen LogP contribution in [-0.2, 0) is 10.4 Å². The molecule has 0 aromatic heterocycles. The Labute approximate surface area is 110 Å². The molecule has 19 heavy (non-hydrogen) atoms. The molecule has 4 heteroatoms. The van der Waals surface area contributed by atoms with E-state index in [1.807, 2.05) is 0 Å². The van der Waals surface area contributed by atoms with Crippen LogP contribution >= 0.6 is 0 Å². The average molecular weight is 260 g/mol. The van der Waals surface area contributed by atoms with Crippen molar-refractivity contribution in [2.24, 2.45) is 0 Å². The molecule has 1 unspecified atom stereocenters. The molecule has 1 N–H and O–H groups in total. The number of aliphatic carboxylic acids is 1. The Morgan fingerprint density at radius 1 is 1.11 bits per heavy atom. The molecule has 2 aromatic rings. The van der Waals surface area contributed by atoms with Crippen LogP contribution in [0.5, 0.6) is 5.75 Å². The molecule has 3 nitrogen and oxygen atoms in total. The summed E-state index contributed by atoms with van der Waals surface area (Å²) in [5.41, 5.74) is -0.995. The fraction of sp³-hybridized carbons (Fsp3) is 0.133. The van der Waals surface area contributed by atoms with Crippen LogP contribution in [0.1, 0.15) is 12.5 Å². The van der Waals surface area contributed by atoms with Crippen molar-refractivity contribution >= 4 is 5.97 Å². The maximum Gasteiger partial charge on any atom is 0.352 e. The van der Waals surface area contributed by atoms with Crippen LogP contribution in [0, 0.1) is 5.82 Å². The van der Waals surface area contributed by atoms with Crippen molar-refractivity contribution in [3.05, 3.63) is 66.0 Å². The zero-order valence-electron chi connectivity index (χ0n) is 10.3. The summed E-state index contributed by atoms with van der Waals surface area (Å²) in [5.74, 6) is -1.21. The zero-order valence-corrected chi connectivity index (χ0v) is 10.3. The van der Waals surface area contributed by atoms with Gasteiger partial charge in [-0.2, -0.15) is 0 Å². The number of carbonyl (C=O) groups is 1. The van der Waals surface area contributed by atoms with E-state index < -0.39 is 17.4 Å². The number of carboxylic acid groups (broad SMARTS) is 1. The summed E-state index contributed by atoms with van der Waals surface area (Å²) in [4.78, 5) is 11.5. The van der Waals surface area contributed by atoms with Gasteiger partial charge in [-0.1, -0.05) is 30.3 Å². The third-order valence-corrected chi connectivity index (χ3v) is 2.87. The van der Waals surface area contributed by atoms with E-state index in [1.165, 1.54) is 31.2 Å². The minimum absolute atomic E-state index is 0.301. The molecule has 0 fully saturated rings. The topological polar surface area (TPSA) is 46.5 Å². The van der Waals surface area contributed by atoms with E-state index in [4.69, 9.17) is 4.74 Å². The van der Waals surface area contributed by atoms with E-state index in [2.05, 4.69) is 0 Å². The summed E-state index contributed by atoms with van der Waals surface area (Å²) in [6.07, 6.45) is 0. The summed E-state index contributed by atoms with van der Waals surface area (Å²) in [7, 11) is 0. The molecule has 2 rings (SSSR count). The molecular formula is C15H13FO3. The SMILES string of the molecule is CC(Oc1ccc(F)cc1)(C(=O)O)c1ccccc1. The van der Waals surface area contributed by atoms with Crippen molar-refractivity contribution < 1.29 is 19.0 Å². The Balaban J connectivity index is 2.36. The van der Waals surface area contributed by atoms with Gasteiger partial charge in [-0.05, 0) is 31.2 Å². The van der Waals surface area contributed by atoms with Gasteiger partial charge in [-0.25, -0.2) is 9.18 Å². The largest absolute Gasteiger partial charge is 0.478 e. The first-order chi connectivity index (χ1) is 9.02. The summed E-state index contributed by atoms with van der Waals surface area (Å²) in [5, 5.41) is 9.40. The molecule has 0 aliphatic rings. The van der Waals surface area contributed by atoms with E-state index in [9.17, 15) is 14.3 Å². The van der Waals surface area contributed by atoms with Gasteiger partial charge in [0.15, 0.2) is 0 Å². The minimum Gasteiger partial charge on any atom is -0.478 e. The van der Waals surface area contributed by atoms with Gasteiger partial charge >= 0.3 is 5.97 Å². The van der Waals surface area contributed by atoms with Crippen molar-refractivity contribution in [3.8, 4) is 5.75 Å². The summed E-state index contributed by atoms with van der Waals surface area (Å²) in [6, 6.07) is 13.9. The Morgan fingerprint density at radius 3 is 2.21 bits per heavy atom. The number of carboxylic acids is 1. The Bertz CT molecular complexity index is 566. The van der Waals surface area contributed by atoms with E-state index in [0.717, 1.165) is 0 Å². The predicted molar refractivity (Wildman–Crippen MR) is 68.5 cm³/mol. The third kappa shape index (κ3) is 2.73. The fourth-order valence-electron chi connectivity index (χ4n) is 1.72. The summed E-state index contributed by atoms with van der Waals surface area (Å²) < 4.78 is 18.4. The highest BCUT2D eigenvalue weighted by atomic mass is 19.1. The number of hydrogen-bond donors (Lipinski definition) is 1. The molecule has 0 saturated heterocycles. The Kier molecular flexibility index (Phi) is 3.51. The van der Waals surface area contributed by atoms with Gasteiger partial charge in [0.25, 0.3) is 0 Å². The van der Waals surface area contributed by atoms with E-state index >= 15 is 0 Å². The van der Waals surface area contributed by atoms with Gasteiger partial charge in [0.1, 0.15) is 11.6 Å². The number of ether oxygens (including phenoxy) is 1. The standard InChI is InChI=1S/C15H13FO3/c1-15(14(17)18,11-5-3-2-4-6-11)19-13-9-7-12(16)8-10-13/h2-10H,1H3,(H,17,18). The van der Waals surface area contributed by atoms with Gasteiger partial charge in [0, 0.05) is 5.56 Å². The Morgan fingerprint density at radius 2 is 1.68 bits per heavy atom. The molecule has 0 aliphatic carbocycles. The highest BCUT2D eigenvalue weighted by Gasteiger charge is 2.37. The predicted octanol–water partition coefficient (Wildman–Crippen LogP) is 3.20. The van der Waals surface area contributed by atoms with Crippen LogP contribution in [0.2, 0.25) is 0 Å². The molecular weight excluding hydrogens is 247 g/mol. The van der Waals surface area contributed by atoms with Gasteiger partial charge in [0.05, 0.1) is 0 Å². The van der Waals surface area contributed by atoms with Gasteiger partial charge in [-0.3, -0.25) is 0 Å². The van der Waals surface area contributed by atoms with Gasteiger partial charge in [-0.15, -0.1) is 0 Å². The van der Waals surface area contributed by atoms with Crippen LogP contribution in [0.15, 0.2) is 54.6 Å². The van der Waals surface area contributed by atoms with E-state index in [-0.39, 0.29) is 0 Å². The van der Waals surface area contributed by atoms with Crippen molar-refractivity contribution in [3.63, 3.8) is 0 Å². The molecule has 2 aromatic carbocycles. The van der Waals surface area contributed by atoms with E-state index in [1.54, 1.807) is 30.3 Å². The Hall–Kier alpha value is -2.36. The first kappa shape index (κ1) is 13.1. The smallest absolute Gasteiger partial charge is 0.352 e.